The molecule has 1 unspecified atom stereocenters. The number of benzene rings is 1. The molecule has 1 aromatic carbocycles. The summed E-state index contributed by atoms with van der Waals surface area (Å²) < 4.78 is 0. The molecular weight excluding hydrogens is 212 g/mol. The molecule has 1 aliphatic rings. The minimum absolute atomic E-state index is 0.302. The van der Waals surface area contributed by atoms with Crippen LogP contribution in [-0.2, 0) is 11.2 Å². The summed E-state index contributed by atoms with van der Waals surface area (Å²) in [6.07, 6.45) is 5.49. The molecule has 17 heavy (non-hydrogen) atoms. The quantitative estimate of drug-likeness (QED) is 0.861. The minimum atomic E-state index is -0.666. The van der Waals surface area contributed by atoms with Crippen molar-refractivity contribution < 1.29 is 9.90 Å². The highest BCUT2D eigenvalue weighted by Gasteiger charge is 2.31. The second kappa shape index (κ2) is 5.35. The van der Waals surface area contributed by atoms with Gasteiger partial charge in [0.15, 0.2) is 0 Å². The van der Waals surface area contributed by atoms with Crippen LogP contribution in [-0.4, -0.2) is 11.1 Å². The van der Waals surface area contributed by atoms with Gasteiger partial charge in [-0.15, -0.1) is 0 Å². The van der Waals surface area contributed by atoms with Crippen LogP contribution in [0.25, 0.3) is 0 Å². The number of aryl methyl sites for hydroxylation is 1. The number of hydrogen-bond donors (Lipinski definition) is 1. The lowest BCUT2D eigenvalue weighted by Crippen LogP contribution is -2.19. The van der Waals surface area contributed by atoms with Crippen molar-refractivity contribution in [3.63, 3.8) is 0 Å². The van der Waals surface area contributed by atoms with E-state index in [1.54, 1.807) is 0 Å². The van der Waals surface area contributed by atoms with Crippen LogP contribution in [0.5, 0.6) is 0 Å². The zero-order valence-corrected chi connectivity index (χ0v) is 10.4. The molecule has 0 heterocycles. The minimum Gasteiger partial charge on any atom is -0.481 e. The molecule has 0 bridgehead atoms. The van der Waals surface area contributed by atoms with Crippen LogP contribution >= 0.6 is 0 Å². The highest BCUT2D eigenvalue weighted by atomic mass is 16.4. The van der Waals surface area contributed by atoms with Gasteiger partial charge >= 0.3 is 5.97 Å². The van der Waals surface area contributed by atoms with Crippen LogP contribution in [0.3, 0.4) is 0 Å². The van der Waals surface area contributed by atoms with Crippen LogP contribution in [0.1, 0.15) is 49.7 Å². The summed E-state index contributed by atoms with van der Waals surface area (Å²) in [5, 5.41) is 9.41. The molecule has 0 saturated heterocycles. The smallest absolute Gasteiger partial charge is 0.311 e. The maximum absolute atomic E-state index is 11.4. The van der Waals surface area contributed by atoms with E-state index in [1.807, 2.05) is 12.1 Å². The summed E-state index contributed by atoms with van der Waals surface area (Å²) in [5.41, 5.74) is 2.24. The van der Waals surface area contributed by atoms with Gasteiger partial charge in [0, 0.05) is 0 Å². The van der Waals surface area contributed by atoms with E-state index in [9.17, 15) is 9.90 Å². The predicted molar refractivity (Wildman–Crippen MR) is 68.2 cm³/mol. The molecule has 0 aliphatic heterocycles. The Labute approximate surface area is 103 Å². The van der Waals surface area contributed by atoms with Crippen molar-refractivity contribution in [3.05, 3.63) is 35.4 Å². The summed E-state index contributed by atoms with van der Waals surface area (Å²) in [6, 6.07) is 8.10. The first-order chi connectivity index (χ1) is 8.22. The molecule has 1 atom stereocenters. The van der Waals surface area contributed by atoms with Crippen molar-refractivity contribution in [2.45, 2.75) is 44.9 Å². The van der Waals surface area contributed by atoms with Gasteiger partial charge in [-0.25, -0.2) is 0 Å². The molecule has 2 heteroatoms. The summed E-state index contributed by atoms with van der Waals surface area (Å²) in [7, 11) is 0. The van der Waals surface area contributed by atoms with E-state index in [4.69, 9.17) is 0 Å². The van der Waals surface area contributed by atoms with Crippen LogP contribution in [0, 0.1) is 5.92 Å². The molecule has 1 aliphatic carbocycles. The Kier molecular flexibility index (Phi) is 3.82. The Balaban J connectivity index is 2.22. The maximum atomic E-state index is 11.4. The fraction of sp³-hybridized carbons (Fsp3) is 0.533. The second-order valence-corrected chi connectivity index (χ2v) is 4.96. The first kappa shape index (κ1) is 12.2. The molecule has 1 saturated carbocycles. The van der Waals surface area contributed by atoms with Crippen molar-refractivity contribution in [2.75, 3.05) is 0 Å². The van der Waals surface area contributed by atoms with Crippen LogP contribution in [0.2, 0.25) is 0 Å². The third-order valence-electron chi connectivity index (χ3n) is 3.88. The first-order valence-electron chi connectivity index (χ1n) is 6.54. The molecule has 2 rings (SSSR count). The summed E-state index contributed by atoms with van der Waals surface area (Å²) in [5.74, 6) is -0.635. The number of hydrogen-bond acceptors (Lipinski definition) is 1. The molecule has 0 aromatic heterocycles. The van der Waals surface area contributed by atoms with Gasteiger partial charge in [-0.2, -0.15) is 0 Å². The zero-order valence-electron chi connectivity index (χ0n) is 10.4. The summed E-state index contributed by atoms with van der Waals surface area (Å²) in [6.45, 7) is 2.11. The van der Waals surface area contributed by atoms with Gasteiger partial charge in [-0.3, -0.25) is 4.79 Å². The van der Waals surface area contributed by atoms with E-state index in [1.165, 1.54) is 18.4 Å². The first-order valence-corrected chi connectivity index (χ1v) is 6.54. The Bertz CT molecular complexity index is 374. The summed E-state index contributed by atoms with van der Waals surface area (Å²) >= 11 is 0. The van der Waals surface area contributed by atoms with Crippen molar-refractivity contribution in [1.82, 2.24) is 0 Å². The number of aliphatic carboxylic acids is 1. The Hall–Kier alpha value is -1.31. The second-order valence-electron chi connectivity index (χ2n) is 4.96. The van der Waals surface area contributed by atoms with Gasteiger partial charge in [0.2, 0.25) is 0 Å². The van der Waals surface area contributed by atoms with E-state index in [-0.39, 0.29) is 5.92 Å². The SMILES string of the molecule is CCc1ccc(C(C(=O)O)C2CCCC2)cc1. The summed E-state index contributed by atoms with van der Waals surface area (Å²) in [4.78, 5) is 11.4. The predicted octanol–water partition coefficient (Wildman–Crippen LogP) is 3.61. The van der Waals surface area contributed by atoms with Gasteiger partial charge in [-0.05, 0) is 36.3 Å². The molecule has 1 N–H and O–H groups in total. The van der Waals surface area contributed by atoms with E-state index in [0.29, 0.717) is 5.92 Å². The van der Waals surface area contributed by atoms with Crippen LogP contribution < -0.4 is 0 Å². The standard InChI is InChI=1S/C15H20O2/c1-2-11-7-9-13(10-8-11)14(15(16)17)12-5-3-4-6-12/h7-10,12,14H,2-6H2,1H3,(H,16,17). The van der Waals surface area contributed by atoms with Gasteiger partial charge in [0.05, 0.1) is 5.92 Å². The van der Waals surface area contributed by atoms with Crippen molar-refractivity contribution in [3.8, 4) is 0 Å². The molecule has 1 aromatic rings. The average molecular weight is 232 g/mol. The topological polar surface area (TPSA) is 37.3 Å². The third-order valence-corrected chi connectivity index (χ3v) is 3.88. The van der Waals surface area contributed by atoms with Gasteiger partial charge < -0.3 is 5.11 Å². The van der Waals surface area contributed by atoms with Gasteiger partial charge in [0.1, 0.15) is 0 Å². The molecule has 2 nitrogen and oxygen atoms in total. The third kappa shape index (κ3) is 2.68. The van der Waals surface area contributed by atoms with Crippen molar-refractivity contribution in [2.24, 2.45) is 5.92 Å². The molecule has 92 valence electrons. The fourth-order valence-corrected chi connectivity index (χ4v) is 2.87. The highest BCUT2D eigenvalue weighted by Crippen LogP contribution is 2.37. The fourth-order valence-electron chi connectivity index (χ4n) is 2.87. The van der Waals surface area contributed by atoms with E-state index in [0.717, 1.165) is 24.8 Å². The number of carbonyl (C=O) groups is 1. The highest BCUT2D eigenvalue weighted by molar-refractivity contribution is 5.76. The molecule has 1 fully saturated rings. The average Bonchev–Trinajstić information content (AvgIpc) is 2.83. The largest absolute Gasteiger partial charge is 0.481 e. The van der Waals surface area contributed by atoms with Crippen LogP contribution in [0.4, 0.5) is 0 Å². The normalized spacial score (nSPS) is 18.2. The lowest BCUT2D eigenvalue weighted by Gasteiger charge is -2.19. The number of rotatable bonds is 4. The van der Waals surface area contributed by atoms with E-state index in [2.05, 4.69) is 19.1 Å². The lowest BCUT2D eigenvalue weighted by molar-refractivity contribution is -0.140. The van der Waals surface area contributed by atoms with Crippen LogP contribution in [0.15, 0.2) is 24.3 Å². The molecule has 0 radical (unpaired) electrons. The molecule has 0 amide bonds. The van der Waals surface area contributed by atoms with E-state index < -0.39 is 5.97 Å². The Morgan fingerprint density at radius 1 is 1.29 bits per heavy atom. The Morgan fingerprint density at radius 2 is 1.88 bits per heavy atom. The van der Waals surface area contributed by atoms with Crippen molar-refractivity contribution >= 4 is 5.97 Å². The number of carboxylic acids is 1. The molecule has 0 spiro atoms. The van der Waals surface area contributed by atoms with Gasteiger partial charge in [-0.1, -0.05) is 44.0 Å². The van der Waals surface area contributed by atoms with Gasteiger partial charge in [0.25, 0.3) is 0 Å². The lowest BCUT2D eigenvalue weighted by atomic mass is 9.84. The molecular formula is C15H20O2. The Morgan fingerprint density at radius 3 is 2.35 bits per heavy atom. The maximum Gasteiger partial charge on any atom is 0.311 e. The van der Waals surface area contributed by atoms with E-state index >= 15 is 0 Å². The van der Waals surface area contributed by atoms with Crippen molar-refractivity contribution in [1.29, 1.82) is 0 Å². The monoisotopic (exact) mass is 232 g/mol. The zero-order chi connectivity index (χ0) is 12.3. The number of carboxylic acid groups (broad SMARTS) is 1.